The van der Waals surface area contributed by atoms with Crippen molar-refractivity contribution in [1.29, 1.82) is 0 Å². The van der Waals surface area contributed by atoms with Gasteiger partial charge in [-0.05, 0) is 24.1 Å². The number of thioether (sulfide) groups is 1. The Labute approximate surface area is 191 Å². The molecule has 1 amide bonds. The zero-order valence-corrected chi connectivity index (χ0v) is 18.9. The lowest BCUT2D eigenvalue weighted by Crippen LogP contribution is -2.32. The third-order valence-electron chi connectivity index (χ3n) is 4.99. The first-order valence-corrected chi connectivity index (χ1v) is 11.4. The van der Waals surface area contributed by atoms with Crippen molar-refractivity contribution in [2.24, 2.45) is 7.05 Å². The normalized spacial score (nSPS) is 11.9. The number of hydrogen-bond acceptors (Lipinski definition) is 6. The van der Waals surface area contributed by atoms with Gasteiger partial charge in [-0.15, -0.1) is 10.2 Å². The van der Waals surface area contributed by atoms with E-state index in [0.29, 0.717) is 0 Å². The van der Waals surface area contributed by atoms with Crippen LogP contribution in [0.3, 0.4) is 0 Å². The Kier molecular flexibility index (Phi) is 6.96. The minimum absolute atomic E-state index is 0.0941. The van der Waals surface area contributed by atoms with Gasteiger partial charge < -0.3 is 14.5 Å². The molecule has 0 saturated carbocycles. The fourth-order valence-corrected chi connectivity index (χ4v) is 4.24. The van der Waals surface area contributed by atoms with Gasteiger partial charge in [-0.1, -0.05) is 49.0 Å². The van der Waals surface area contributed by atoms with Gasteiger partial charge in [-0.2, -0.15) is 0 Å². The Balaban J connectivity index is 1.50. The number of pyridine rings is 1. The average molecular weight is 448 g/mol. The molecule has 9 heteroatoms. The number of carbonyl (C=O) groups excluding carboxylic acids is 1. The topological polar surface area (TPSA) is 90.5 Å². The molecule has 32 heavy (non-hydrogen) atoms. The van der Waals surface area contributed by atoms with Crippen LogP contribution in [0, 0.1) is 0 Å². The highest BCUT2D eigenvalue weighted by atomic mass is 32.2. The predicted octanol–water partition coefficient (Wildman–Crippen LogP) is 3.48. The van der Waals surface area contributed by atoms with Crippen LogP contribution >= 0.6 is 11.8 Å². The number of benzene rings is 1. The highest BCUT2D eigenvalue weighted by molar-refractivity contribution is 7.99. The van der Waals surface area contributed by atoms with Gasteiger partial charge in [0.25, 0.3) is 0 Å². The maximum atomic E-state index is 12.9. The Hall–Kier alpha value is -3.46. The van der Waals surface area contributed by atoms with Gasteiger partial charge in [-0.25, -0.2) is 4.98 Å². The molecule has 3 aromatic heterocycles. The zero-order chi connectivity index (χ0) is 22.3. The molecule has 0 saturated heterocycles. The van der Waals surface area contributed by atoms with E-state index >= 15 is 0 Å². The van der Waals surface area contributed by atoms with Crippen LogP contribution < -0.4 is 5.32 Å². The SMILES string of the molecule is CCCn1c(SCC(=O)N[C@@H](c2ccccc2)c2nccn2C)nnc1-c1ccncc1. The second-order valence-electron chi connectivity index (χ2n) is 7.29. The summed E-state index contributed by atoms with van der Waals surface area (Å²) in [7, 11) is 1.92. The minimum Gasteiger partial charge on any atom is -0.341 e. The summed E-state index contributed by atoms with van der Waals surface area (Å²) < 4.78 is 3.98. The van der Waals surface area contributed by atoms with Crippen molar-refractivity contribution >= 4 is 17.7 Å². The third kappa shape index (κ3) is 4.88. The van der Waals surface area contributed by atoms with E-state index < -0.39 is 0 Å². The Morgan fingerprint density at radius 3 is 2.56 bits per heavy atom. The molecule has 0 spiro atoms. The van der Waals surface area contributed by atoms with Gasteiger partial charge in [0.1, 0.15) is 11.9 Å². The second kappa shape index (κ2) is 10.2. The van der Waals surface area contributed by atoms with E-state index in [1.54, 1.807) is 18.6 Å². The smallest absolute Gasteiger partial charge is 0.231 e. The molecule has 0 radical (unpaired) electrons. The fraction of sp³-hybridized carbons (Fsp3) is 0.261. The summed E-state index contributed by atoms with van der Waals surface area (Å²) in [6.07, 6.45) is 8.02. The highest BCUT2D eigenvalue weighted by Gasteiger charge is 2.21. The Morgan fingerprint density at radius 2 is 1.88 bits per heavy atom. The maximum absolute atomic E-state index is 12.9. The summed E-state index contributed by atoms with van der Waals surface area (Å²) >= 11 is 1.38. The van der Waals surface area contributed by atoms with Crippen LogP contribution in [0.1, 0.15) is 30.8 Å². The summed E-state index contributed by atoms with van der Waals surface area (Å²) in [6.45, 7) is 2.88. The molecular weight excluding hydrogens is 422 g/mol. The molecular formula is C23H25N7OS. The molecule has 4 rings (SSSR count). The van der Waals surface area contributed by atoms with E-state index in [-0.39, 0.29) is 17.7 Å². The number of imidazole rings is 1. The Morgan fingerprint density at radius 1 is 1.09 bits per heavy atom. The number of amides is 1. The summed E-state index contributed by atoms with van der Waals surface area (Å²) in [5.74, 6) is 1.70. The first-order chi connectivity index (χ1) is 15.7. The quantitative estimate of drug-likeness (QED) is 0.395. The first-order valence-electron chi connectivity index (χ1n) is 10.4. The maximum Gasteiger partial charge on any atom is 0.231 e. The third-order valence-corrected chi connectivity index (χ3v) is 5.96. The molecule has 0 aliphatic rings. The lowest BCUT2D eigenvalue weighted by Gasteiger charge is -2.19. The van der Waals surface area contributed by atoms with Crippen molar-refractivity contribution in [1.82, 2.24) is 34.6 Å². The van der Waals surface area contributed by atoms with E-state index in [0.717, 1.165) is 40.9 Å². The van der Waals surface area contributed by atoms with Crippen molar-refractivity contribution in [3.05, 3.63) is 78.6 Å². The molecule has 0 fully saturated rings. The molecule has 0 bridgehead atoms. The summed E-state index contributed by atoms with van der Waals surface area (Å²) in [6, 6.07) is 13.4. The standard InChI is InChI=1S/C23H25N7OS/c1-3-14-30-21(18-9-11-24-12-10-18)27-28-23(30)32-16-19(31)26-20(17-7-5-4-6-8-17)22-25-13-15-29(22)2/h4-13,15,20H,3,14,16H2,1-2H3,(H,26,31)/t20-/m0/s1. The number of aryl methyl sites for hydroxylation is 1. The van der Waals surface area contributed by atoms with Gasteiger partial charge in [0.15, 0.2) is 11.0 Å². The van der Waals surface area contributed by atoms with Crippen LogP contribution in [-0.2, 0) is 18.4 Å². The molecule has 4 aromatic rings. The largest absolute Gasteiger partial charge is 0.341 e. The van der Waals surface area contributed by atoms with Gasteiger partial charge >= 0.3 is 0 Å². The highest BCUT2D eigenvalue weighted by Crippen LogP contribution is 2.25. The van der Waals surface area contributed by atoms with Gasteiger partial charge in [0.05, 0.1) is 5.75 Å². The van der Waals surface area contributed by atoms with Crippen LogP contribution in [0.15, 0.2) is 72.4 Å². The molecule has 8 nitrogen and oxygen atoms in total. The van der Waals surface area contributed by atoms with E-state index in [1.165, 1.54) is 11.8 Å². The molecule has 0 aliphatic carbocycles. The molecule has 0 aliphatic heterocycles. The van der Waals surface area contributed by atoms with Crippen molar-refractivity contribution < 1.29 is 4.79 Å². The average Bonchev–Trinajstić information content (AvgIpc) is 3.43. The molecule has 1 aromatic carbocycles. The van der Waals surface area contributed by atoms with E-state index in [2.05, 4.69) is 37.0 Å². The van der Waals surface area contributed by atoms with Crippen LogP contribution in [0.4, 0.5) is 0 Å². The van der Waals surface area contributed by atoms with Gasteiger partial charge in [0.2, 0.25) is 5.91 Å². The fourth-order valence-electron chi connectivity index (χ4n) is 3.47. The van der Waals surface area contributed by atoms with Crippen LogP contribution in [-0.4, -0.2) is 41.0 Å². The summed E-state index contributed by atoms with van der Waals surface area (Å²) in [5.41, 5.74) is 1.94. The zero-order valence-electron chi connectivity index (χ0n) is 18.0. The van der Waals surface area contributed by atoms with Crippen molar-refractivity contribution in [2.75, 3.05) is 5.75 Å². The van der Waals surface area contributed by atoms with Crippen molar-refractivity contribution in [3.63, 3.8) is 0 Å². The van der Waals surface area contributed by atoms with Crippen LogP contribution in [0.2, 0.25) is 0 Å². The minimum atomic E-state index is -0.329. The monoisotopic (exact) mass is 447 g/mol. The molecule has 0 unspecified atom stereocenters. The molecule has 1 N–H and O–H groups in total. The van der Waals surface area contributed by atoms with E-state index in [1.807, 2.05) is 60.3 Å². The molecule has 1 atom stereocenters. The number of nitrogens with zero attached hydrogens (tertiary/aromatic N) is 6. The van der Waals surface area contributed by atoms with Gasteiger partial charge in [0, 0.05) is 43.9 Å². The predicted molar refractivity (Wildman–Crippen MR) is 124 cm³/mol. The van der Waals surface area contributed by atoms with E-state index in [9.17, 15) is 4.79 Å². The number of nitrogens with one attached hydrogen (secondary N) is 1. The van der Waals surface area contributed by atoms with Crippen LogP contribution in [0.25, 0.3) is 11.4 Å². The first kappa shape index (κ1) is 21.8. The Bertz CT molecular complexity index is 1160. The van der Waals surface area contributed by atoms with E-state index in [4.69, 9.17) is 0 Å². The lowest BCUT2D eigenvalue weighted by atomic mass is 10.1. The number of rotatable bonds is 9. The number of hydrogen-bond donors (Lipinski definition) is 1. The number of aromatic nitrogens is 6. The molecule has 164 valence electrons. The summed E-state index contributed by atoms with van der Waals surface area (Å²) in [4.78, 5) is 21.4. The summed E-state index contributed by atoms with van der Waals surface area (Å²) in [5, 5.41) is 12.6. The van der Waals surface area contributed by atoms with Crippen molar-refractivity contribution in [2.45, 2.75) is 31.1 Å². The second-order valence-corrected chi connectivity index (χ2v) is 8.23. The van der Waals surface area contributed by atoms with Crippen molar-refractivity contribution in [3.8, 4) is 11.4 Å². The van der Waals surface area contributed by atoms with Crippen LogP contribution in [0.5, 0.6) is 0 Å². The number of carbonyl (C=O) groups is 1. The molecule has 3 heterocycles. The lowest BCUT2D eigenvalue weighted by molar-refractivity contribution is -0.119. The van der Waals surface area contributed by atoms with Gasteiger partial charge in [-0.3, -0.25) is 9.78 Å².